The molecule has 0 aliphatic carbocycles. The summed E-state index contributed by atoms with van der Waals surface area (Å²) in [6.07, 6.45) is 0.239. The molecule has 0 bridgehead atoms. The standard InChI is InChI=1S/C25H24N2O3/c1-2-29-23-14-12-22(13-15-23)27(17-7-16-26)25(28)21-10-6-11-24(18-21)30-19-20-8-4-3-5-9-20/h3-6,8-15,18H,2,7,17,19H2,1H3. The van der Waals surface area contributed by atoms with E-state index in [-0.39, 0.29) is 12.3 Å². The number of hydrogen-bond donors (Lipinski definition) is 0. The highest BCUT2D eigenvalue weighted by atomic mass is 16.5. The number of benzene rings is 3. The van der Waals surface area contributed by atoms with Crippen LogP contribution in [0.1, 0.15) is 29.3 Å². The van der Waals surface area contributed by atoms with E-state index in [0.29, 0.717) is 36.8 Å². The molecule has 0 aromatic heterocycles. The summed E-state index contributed by atoms with van der Waals surface area (Å²) in [5.41, 5.74) is 2.28. The molecule has 0 aliphatic heterocycles. The normalized spacial score (nSPS) is 10.1. The highest BCUT2D eigenvalue weighted by Crippen LogP contribution is 2.23. The number of carbonyl (C=O) groups excluding carboxylic acids is 1. The van der Waals surface area contributed by atoms with Crippen molar-refractivity contribution in [3.63, 3.8) is 0 Å². The van der Waals surface area contributed by atoms with Gasteiger partial charge < -0.3 is 14.4 Å². The largest absolute Gasteiger partial charge is 0.494 e. The fourth-order valence-corrected chi connectivity index (χ4v) is 3.01. The first-order valence-corrected chi connectivity index (χ1v) is 9.89. The number of amides is 1. The number of hydrogen-bond acceptors (Lipinski definition) is 4. The van der Waals surface area contributed by atoms with E-state index in [1.807, 2.05) is 67.6 Å². The Morgan fingerprint density at radius 1 is 0.933 bits per heavy atom. The van der Waals surface area contributed by atoms with Crippen LogP contribution >= 0.6 is 0 Å². The van der Waals surface area contributed by atoms with E-state index in [4.69, 9.17) is 14.7 Å². The van der Waals surface area contributed by atoms with Crippen LogP contribution in [0.3, 0.4) is 0 Å². The maximum absolute atomic E-state index is 13.2. The highest BCUT2D eigenvalue weighted by molar-refractivity contribution is 6.06. The molecule has 0 heterocycles. The molecule has 0 saturated carbocycles. The summed E-state index contributed by atoms with van der Waals surface area (Å²) in [6, 6.07) is 26.4. The summed E-state index contributed by atoms with van der Waals surface area (Å²) in [7, 11) is 0. The van der Waals surface area contributed by atoms with Crippen molar-refractivity contribution in [2.24, 2.45) is 0 Å². The van der Waals surface area contributed by atoms with Crippen molar-refractivity contribution in [3.8, 4) is 17.6 Å². The maximum Gasteiger partial charge on any atom is 0.258 e. The highest BCUT2D eigenvalue weighted by Gasteiger charge is 2.18. The number of nitrogens with zero attached hydrogens (tertiary/aromatic N) is 2. The zero-order chi connectivity index (χ0) is 21.2. The van der Waals surface area contributed by atoms with E-state index in [1.54, 1.807) is 23.1 Å². The van der Waals surface area contributed by atoms with Crippen molar-refractivity contribution >= 4 is 11.6 Å². The van der Waals surface area contributed by atoms with Gasteiger partial charge in [0.05, 0.1) is 19.1 Å². The van der Waals surface area contributed by atoms with Crippen LogP contribution in [0.4, 0.5) is 5.69 Å². The Bertz CT molecular complexity index is 995. The van der Waals surface area contributed by atoms with Gasteiger partial charge in [-0.1, -0.05) is 36.4 Å². The molecule has 1 amide bonds. The molecule has 0 N–H and O–H groups in total. The second kappa shape index (κ2) is 10.7. The van der Waals surface area contributed by atoms with E-state index < -0.39 is 0 Å². The summed E-state index contributed by atoms with van der Waals surface area (Å²) in [5.74, 6) is 1.18. The van der Waals surface area contributed by atoms with E-state index >= 15 is 0 Å². The molecular formula is C25H24N2O3. The first kappa shape index (κ1) is 20.9. The molecule has 3 rings (SSSR count). The van der Waals surface area contributed by atoms with Crippen LogP contribution in [0.2, 0.25) is 0 Å². The van der Waals surface area contributed by atoms with Gasteiger partial charge in [0.2, 0.25) is 0 Å². The van der Waals surface area contributed by atoms with Crippen LogP contribution in [0.15, 0.2) is 78.9 Å². The Hall–Kier alpha value is -3.78. The number of rotatable bonds is 9. The number of carbonyl (C=O) groups is 1. The van der Waals surface area contributed by atoms with Gasteiger partial charge in [-0.25, -0.2) is 0 Å². The second-order valence-corrected chi connectivity index (χ2v) is 6.59. The maximum atomic E-state index is 13.2. The van der Waals surface area contributed by atoms with Gasteiger partial charge in [-0.15, -0.1) is 0 Å². The van der Waals surface area contributed by atoms with Crippen LogP contribution < -0.4 is 14.4 Å². The monoisotopic (exact) mass is 400 g/mol. The van der Waals surface area contributed by atoms with Gasteiger partial charge in [0.1, 0.15) is 18.1 Å². The Morgan fingerprint density at radius 3 is 2.40 bits per heavy atom. The van der Waals surface area contributed by atoms with E-state index in [9.17, 15) is 4.79 Å². The number of anilines is 1. The fraction of sp³-hybridized carbons (Fsp3) is 0.200. The molecule has 0 unspecified atom stereocenters. The molecule has 5 heteroatoms. The summed E-state index contributed by atoms with van der Waals surface area (Å²) in [6.45, 7) is 3.23. The van der Waals surface area contributed by atoms with E-state index in [1.165, 1.54) is 0 Å². The van der Waals surface area contributed by atoms with E-state index in [0.717, 1.165) is 11.3 Å². The number of nitriles is 1. The third kappa shape index (κ3) is 5.62. The SMILES string of the molecule is CCOc1ccc(N(CCC#N)C(=O)c2cccc(OCc3ccccc3)c2)cc1. The van der Waals surface area contributed by atoms with Gasteiger partial charge in [0.15, 0.2) is 0 Å². The smallest absolute Gasteiger partial charge is 0.258 e. The Balaban J connectivity index is 1.77. The zero-order valence-corrected chi connectivity index (χ0v) is 17.0. The van der Waals surface area contributed by atoms with Crippen molar-refractivity contribution in [2.75, 3.05) is 18.1 Å². The molecule has 152 valence electrons. The Labute approximate surface area is 177 Å². The third-order valence-electron chi connectivity index (χ3n) is 4.48. The topological polar surface area (TPSA) is 62.6 Å². The van der Waals surface area contributed by atoms with E-state index in [2.05, 4.69) is 6.07 Å². The minimum Gasteiger partial charge on any atom is -0.494 e. The van der Waals surface area contributed by atoms with Crippen LogP contribution in [-0.2, 0) is 6.61 Å². The van der Waals surface area contributed by atoms with Crippen LogP contribution in [-0.4, -0.2) is 19.1 Å². The van der Waals surface area contributed by atoms with Crippen LogP contribution in [0, 0.1) is 11.3 Å². The zero-order valence-electron chi connectivity index (χ0n) is 17.0. The predicted octanol–water partition coefficient (Wildman–Crippen LogP) is 5.22. The molecule has 0 aliphatic rings. The van der Waals surface area contributed by atoms with Gasteiger partial charge in [-0.3, -0.25) is 4.79 Å². The average molecular weight is 400 g/mol. The molecular weight excluding hydrogens is 376 g/mol. The molecule has 0 atom stereocenters. The first-order valence-electron chi connectivity index (χ1n) is 9.89. The van der Waals surface area contributed by atoms with Crippen molar-refractivity contribution in [3.05, 3.63) is 90.0 Å². The molecule has 0 spiro atoms. The quantitative estimate of drug-likeness (QED) is 0.494. The molecule has 5 nitrogen and oxygen atoms in total. The lowest BCUT2D eigenvalue weighted by atomic mass is 10.1. The summed E-state index contributed by atoms with van der Waals surface area (Å²) in [5, 5.41) is 9.02. The van der Waals surface area contributed by atoms with Gasteiger partial charge in [0.25, 0.3) is 5.91 Å². The molecule has 3 aromatic carbocycles. The molecule has 0 radical (unpaired) electrons. The van der Waals surface area contributed by atoms with Crippen molar-refractivity contribution in [2.45, 2.75) is 20.0 Å². The lowest BCUT2D eigenvalue weighted by Gasteiger charge is -2.22. The minimum atomic E-state index is -0.181. The van der Waals surface area contributed by atoms with Gasteiger partial charge in [-0.2, -0.15) is 5.26 Å². The third-order valence-corrected chi connectivity index (χ3v) is 4.48. The molecule has 0 fully saturated rings. The fourth-order valence-electron chi connectivity index (χ4n) is 3.01. The Morgan fingerprint density at radius 2 is 1.70 bits per heavy atom. The van der Waals surface area contributed by atoms with Gasteiger partial charge in [-0.05, 0) is 55.0 Å². The summed E-state index contributed by atoms with van der Waals surface area (Å²) in [4.78, 5) is 14.8. The van der Waals surface area contributed by atoms with Crippen molar-refractivity contribution < 1.29 is 14.3 Å². The molecule has 30 heavy (non-hydrogen) atoms. The van der Waals surface area contributed by atoms with Crippen molar-refractivity contribution in [1.29, 1.82) is 5.26 Å². The van der Waals surface area contributed by atoms with Crippen LogP contribution in [0.5, 0.6) is 11.5 Å². The lowest BCUT2D eigenvalue weighted by Crippen LogP contribution is -2.31. The average Bonchev–Trinajstić information content (AvgIpc) is 2.80. The minimum absolute atomic E-state index is 0.181. The summed E-state index contributed by atoms with van der Waals surface area (Å²) < 4.78 is 11.3. The number of ether oxygens (including phenoxy) is 2. The Kier molecular flexibility index (Phi) is 7.45. The summed E-state index contributed by atoms with van der Waals surface area (Å²) >= 11 is 0. The van der Waals surface area contributed by atoms with Gasteiger partial charge >= 0.3 is 0 Å². The van der Waals surface area contributed by atoms with Gasteiger partial charge in [0, 0.05) is 17.8 Å². The van der Waals surface area contributed by atoms with Crippen molar-refractivity contribution in [1.82, 2.24) is 0 Å². The first-order chi connectivity index (χ1) is 14.7. The molecule has 3 aromatic rings. The second-order valence-electron chi connectivity index (χ2n) is 6.59. The van der Waals surface area contributed by atoms with Crippen LogP contribution in [0.25, 0.3) is 0 Å². The lowest BCUT2D eigenvalue weighted by molar-refractivity contribution is 0.0987. The molecule has 0 saturated heterocycles. The predicted molar refractivity (Wildman–Crippen MR) is 117 cm³/mol.